The van der Waals surface area contributed by atoms with Gasteiger partial charge < -0.3 is 15.3 Å². The van der Waals surface area contributed by atoms with Gasteiger partial charge in [0.05, 0.1) is 4.90 Å². The second-order valence-corrected chi connectivity index (χ2v) is 12.1. The molecule has 1 heterocycles. The summed E-state index contributed by atoms with van der Waals surface area (Å²) < 4.78 is 28.9. The molecule has 1 fully saturated rings. The van der Waals surface area contributed by atoms with Crippen molar-refractivity contribution >= 4 is 52.5 Å². The van der Waals surface area contributed by atoms with Crippen molar-refractivity contribution < 1.29 is 23.1 Å². The third kappa shape index (κ3) is 9.14. The number of carbonyl (C=O) groups excluding carboxylic acids is 1. The Kier molecular flexibility index (Phi) is 13.4. The van der Waals surface area contributed by atoms with Crippen LogP contribution in [0.3, 0.4) is 0 Å². The molecule has 0 radical (unpaired) electrons. The van der Waals surface area contributed by atoms with E-state index in [0.29, 0.717) is 35.9 Å². The number of rotatable bonds is 13. The number of carbonyl (C=O) groups is 2. The zero-order valence-corrected chi connectivity index (χ0v) is 23.1. The topological polar surface area (TPSA) is 116 Å². The molecule has 1 saturated heterocycles. The van der Waals surface area contributed by atoms with Gasteiger partial charge in [-0.2, -0.15) is 11.8 Å². The fraction of sp³-hybridized carbons (Fsp3) is 0.481. The maximum absolute atomic E-state index is 13.1. The number of thioether (sulfide) groups is 1. The van der Waals surface area contributed by atoms with Crippen molar-refractivity contribution in [3.8, 4) is 11.1 Å². The number of carboxylic acids is 1. The summed E-state index contributed by atoms with van der Waals surface area (Å²) in [6.45, 7) is 4.44. The van der Waals surface area contributed by atoms with Crippen molar-refractivity contribution in [1.29, 1.82) is 0 Å². The van der Waals surface area contributed by atoms with Crippen molar-refractivity contribution in [2.45, 2.75) is 56.0 Å². The summed E-state index contributed by atoms with van der Waals surface area (Å²) in [5.74, 6) is -1.08. The zero-order valence-electron chi connectivity index (χ0n) is 21.5. The van der Waals surface area contributed by atoms with E-state index in [1.165, 1.54) is 49.2 Å². The van der Waals surface area contributed by atoms with Gasteiger partial charge in [-0.25, -0.2) is 17.9 Å². The van der Waals surface area contributed by atoms with Gasteiger partial charge in [0.15, 0.2) is 0 Å². The van der Waals surface area contributed by atoms with Crippen LogP contribution in [0.4, 0.5) is 0 Å². The van der Waals surface area contributed by atoms with E-state index in [0.717, 1.165) is 13.1 Å². The Hall–Kier alpha value is -1.80. The number of benzene rings is 2. The Bertz CT molecular complexity index is 1160. The first-order chi connectivity index (χ1) is 17.7. The number of aliphatic carboxylic acids is 1. The Morgan fingerprint density at radius 3 is 2.55 bits per heavy atom. The van der Waals surface area contributed by atoms with E-state index in [1.807, 2.05) is 12.3 Å². The minimum absolute atomic E-state index is 0. The Morgan fingerprint density at radius 1 is 1.16 bits per heavy atom. The van der Waals surface area contributed by atoms with Crippen LogP contribution in [-0.4, -0.2) is 92.9 Å². The Balaban J connectivity index is 0.00000507. The predicted molar refractivity (Wildman–Crippen MR) is 156 cm³/mol. The van der Waals surface area contributed by atoms with E-state index in [4.69, 9.17) is 0 Å². The molecule has 11 heteroatoms. The number of amides is 1. The summed E-state index contributed by atoms with van der Waals surface area (Å²) >= 11 is 1.50. The fourth-order valence-electron chi connectivity index (χ4n) is 4.54. The molecule has 2 atom stereocenters. The number of nitrogens with zero attached hydrogens (tertiary/aromatic N) is 1. The zero-order chi connectivity index (χ0) is 26.8. The summed E-state index contributed by atoms with van der Waals surface area (Å²) in [6.07, 6.45) is 6.48. The van der Waals surface area contributed by atoms with Crippen LogP contribution in [0.25, 0.3) is 11.1 Å². The molecule has 3 rings (SSSR count). The fourth-order valence-corrected chi connectivity index (χ4v) is 6.11. The molecule has 0 aliphatic carbocycles. The van der Waals surface area contributed by atoms with Crippen molar-refractivity contribution in [2.24, 2.45) is 0 Å². The van der Waals surface area contributed by atoms with Crippen LogP contribution in [0.2, 0.25) is 0 Å². The average molecular weight is 556 g/mol. The van der Waals surface area contributed by atoms with Crippen LogP contribution in [-0.2, 0) is 14.8 Å². The molecule has 0 saturated carbocycles. The molecule has 1 unspecified atom stereocenters. The van der Waals surface area contributed by atoms with Gasteiger partial charge in [0, 0.05) is 18.2 Å². The van der Waals surface area contributed by atoms with E-state index < -0.39 is 27.9 Å². The quantitative estimate of drug-likeness (QED) is 0.257. The summed E-state index contributed by atoms with van der Waals surface area (Å²) in [7, 11) is -3.80. The standard InChI is InChI=1S/C27H37N3O5S2.Li.H/c1-20-9-6-7-16-30(20)17-8-15-28-37(34,35)22-12-13-23(24(19-22)21-10-4-3-5-11-21)26(31)29-25(27(32)33)14-18-36-2;;/h3-5,10-13,19-20,25,28H,6-9,14-18H2,1-2H3,(H,29,31)(H,32,33);;/t20?,25-;;/m0../s1. The van der Waals surface area contributed by atoms with Crippen molar-refractivity contribution in [2.75, 3.05) is 31.6 Å². The molecule has 38 heavy (non-hydrogen) atoms. The van der Waals surface area contributed by atoms with E-state index in [2.05, 4.69) is 21.9 Å². The van der Waals surface area contributed by atoms with E-state index in [1.54, 1.807) is 24.3 Å². The van der Waals surface area contributed by atoms with Gasteiger partial charge in [-0.15, -0.1) is 0 Å². The molecular weight excluding hydrogens is 517 g/mol. The second-order valence-electron chi connectivity index (χ2n) is 9.35. The molecule has 1 aliphatic heterocycles. The Labute approximate surface area is 242 Å². The van der Waals surface area contributed by atoms with Crippen molar-refractivity contribution in [3.05, 3.63) is 54.1 Å². The number of carboxylic acid groups (broad SMARTS) is 1. The summed E-state index contributed by atoms with van der Waals surface area (Å²) in [5.41, 5.74) is 1.32. The van der Waals surface area contributed by atoms with Crippen LogP contribution in [0, 0.1) is 0 Å². The normalized spacial score (nSPS) is 16.8. The molecular formula is C27H38LiN3O5S2. The molecule has 0 bridgehead atoms. The van der Waals surface area contributed by atoms with Gasteiger partial charge in [0.2, 0.25) is 10.0 Å². The predicted octanol–water partition coefficient (Wildman–Crippen LogP) is 3.18. The molecule has 2 aromatic carbocycles. The first kappa shape index (κ1) is 32.4. The summed E-state index contributed by atoms with van der Waals surface area (Å²) in [4.78, 5) is 27.2. The average Bonchev–Trinajstić information content (AvgIpc) is 2.89. The van der Waals surface area contributed by atoms with Crippen LogP contribution >= 0.6 is 11.8 Å². The van der Waals surface area contributed by atoms with E-state index >= 15 is 0 Å². The van der Waals surface area contributed by atoms with Crippen LogP contribution < -0.4 is 10.0 Å². The molecule has 2 aromatic rings. The molecule has 3 N–H and O–H groups in total. The van der Waals surface area contributed by atoms with Crippen LogP contribution in [0.15, 0.2) is 53.4 Å². The molecule has 1 aliphatic rings. The first-order valence-electron chi connectivity index (χ1n) is 12.7. The number of likely N-dealkylation sites (tertiary alicyclic amines) is 1. The number of hydrogen-bond donors (Lipinski definition) is 3. The van der Waals surface area contributed by atoms with Gasteiger partial charge in [-0.05, 0) is 87.0 Å². The van der Waals surface area contributed by atoms with Gasteiger partial charge in [-0.1, -0.05) is 36.8 Å². The van der Waals surface area contributed by atoms with Gasteiger partial charge in [0.1, 0.15) is 6.04 Å². The third-order valence-electron chi connectivity index (χ3n) is 6.70. The van der Waals surface area contributed by atoms with Gasteiger partial charge in [-0.3, -0.25) is 4.79 Å². The number of sulfonamides is 1. The molecule has 0 aromatic heterocycles. The Morgan fingerprint density at radius 2 is 1.89 bits per heavy atom. The number of nitrogens with one attached hydrogen (secondary N) is 2. The van der Waals surface area contributed by atoms with Gasteiger partial charge >= 0.3 is 24.8 Å². The number of hydrogen-bond acceptors (Lipinski definition) is 6. The molecule has 204 valence electrons. The molecule has 1 amide bonds. The molecule has 8 nitrogen and oxygen atoms in total. The van der Waals surface area contributed by atoms with Crippen molar-refractivity contribution in [3.63, 3.8) is 0 Å². The van der Waals surface area contributed by atoms with E-state index in [9.17, 15) is 23.1 Å². The number of piperidine rings is 1. The third-order valence-corrected chi connectivity index (χ3v) is 8.80. The second kappa shape index (κ2) is 15.7. The van der Waals surface area contributed by atoms with Crippen LogP contribution in [0.1, 0.15) is 49.4 Å². The summed E-state index contributed by atoms with van der Waals surface area (Å²) in [6, 6.07) is 12.8. The maximum atomic E-state index is 13.1. The van der Waals surface area contributed by atoms with E-state index in [-0.39, 0.29) is 35.7 Å². The van der Waals surface area contributed by atoms with Gasteiger partial charge in [0.25, 0.3) is 5.91 Å². The molecule has 0 spiro atoms. The first-order valence-corrected chi connectivity index (χ1v) is 15.6. The monoisotopic (exact) mass is 555 g/mol. The summed E-state index contributed by atoms with van der Waals surface area (Å²) in [5, 5.41) is 12.1. The minimum atomic E-state index is -3.80. The van der Waals surface area contributed by atoms with Crippen LogP contribution in [0.5, 0.6) is 0 Å². The SMILES string of the molecule is CSCC[C@H](NC(=O)c1ccc(S(=O)(=O)NCCCN2CCCCC2C)cc1-c1ccccc1)C(=O)O.[LiH]. The van der Waals surface area contributed by atoms with Crippen molar-refractivity contribution in [1.82, 2.24) is 14.9 Å².